The molecule has 0 aliphatic carbocycles. The first-order valence-corrected chi connectivity index (χ1v) is 5.70. The van der Waals surface area contributed by atoms with Gasteiger partial charge in [-0.3, -0.25) is 4.79 Å². The number of hydrogen-bond donors (Lipinski definition) is 1. The van der Waals surface area contributed by atoms with Gasteiger partial charge in [0.15, 0.2) is 0 Å². The average molecular weight is 210 g/mol. The number of likely N-dealkylation sites (N-methyl/N-ethyl adjacent to an activating group) is 1. The molecule has 15 heavy (non-hydrogen) atoms. The third-order valence-corrected chi connectivity index (χ3v) is 2.78. The van der Waals surface area contributed by atoms with Gasteiger partial charge in [0, 0.05) is 19.7 Å². The van der Waals surface area contributed by atoms with Crippen molar-refractivity contribution >= 4 is 5.91 Å². The summed E-state index contributed by atoms with van der Waals surface area (Å²) < 4.78 is 0. The van der Waals surface area contributed by atoms with Crippen molar-refractivity contribution in [2.24, 2.45) is 5.92 Å². The third kappa shape index (κ3) is 4.47. The van der Waals surface area contributed by atoms with Crippen molar-refractivity contribution in [3.8, 4) is 0 Å². The molecule has 0 atom stereocenters. The fourth-order valence-corrected chi connectivity index (χ4v) is 1.90. The van der Waals surface area contributed by atoms with Gasteiger partial charge in [0.25, 0.3) is 0 Å². The van der Waals surface area contributed by atoms with E-state index in [-0.39, 0.29) is 5.91 Å². The fourth-order valence-electron chi connectivity index (χ4n) is 1.90. The van der Waals surface area contributed by atoms with Crippen LogP contribution in [-0.2, 0) is 4.79 Å². The standard InChI is InChI=1S/C12H22N2O/c1-10(2)8-12(15)14(3)9-11-4-6-13-7-5-11/h8,11,13H,4-7,9H2,1-3H3. The van der Waals surface area contributed by atoms with E-state index in [1.54, 1.807) is 6.08 Å². The number of nitrogens with zero attached hydrogens (tertiary/aromatic N) is 1. The van der Waals surface area contributed by atoms with Crippen LogP contribution in [-0.4, -0.2) is 37.5 Å². The molecule has 0 spiro atoms. The zero-order valence-corrected chi connectivity index (χ0v) is 10.0. The van der Waals surface area contributed by atoms with E-state index in [2.05, 4.69) is 5.32 Å². The van der Waals surface area contributed by atoms with Crippen LogP contribution in [0.5, 0.6) is 0 Å². The molecule has 1 rings (SSSR count). The van der Waals surface area contributed by atoms with Crippen molar-refractivity contribution in [3.63, 3.8) is 0 Å². The molecule has 1 saturated heterocycles. The van der Waals surface area contributed by atoms with Crippen LogP contribution in [0.15, 0.2) is 11.6 Å². The Morgan fingerprint density at radius 3 is 2.53 bits per heavy atom. The van der Waals surface area contributed by atoms with Crippen LogP contribution in [0.4, 0.5) is 0 Å². The number of piperidine rings is 1. The zero-order chi connectivity index (χ0) is 11.3. The SMILES string of the molecule is CC(C)=CC(=O)N(C)CC1CCNCC1. The summed E-state index contributed by atoms with van der Waals surface area (Å²) in [4.78, 5) is 13.5. The second-order valence-corrected chi connectivity index (χ2v) is 4.63. The summed E-state index contributed by atoms with van der Waals surface area (Å²) in [7, 11) is 1.89. The molecule has 0 saturated carbocycles. The summed E-state index contributed by atoms with van der Waals surface area (Å²) in [5.74, 6) is 0.805. The monoisotopic (exact) mass is 210 g/mol. The van der Waals surface area contributed by atoms with Gasteiger partial charge in [-0.2, -0.15) is 0 Å². The molecule has 3 nitrogen and oxygen atoms in total. The second-order valence-electron chi connectivity index (χ2n) is 4.63. The molecule has 0 aromatic carbocycles. The Hall–Kier alpha value is -0.830. The van der Waals surface area contributed by atoms with E-state index in [1.165, 1.54) is 12.8 Å². The summed E-state index contributed by atoms with van der Waals surface area (Å²) in [5, 5.41) is 3.33. The van der Waals surface area contributed by atoms with Gasteiger partial charge >= 0.3 is 0 Å². The Kier molecular flexibility index (Phi) is 4.82. The first kappa shape index (κ1) is 12.2. The maximum atomic E-state index is 11.7. The highest BCUT2D eigenvalue weighted by Crippen LogP contribution is 2.12. The highest BCUT2D eigenvalue weighted by atomic mass is 16.2. The predicted octanol–water partition coefficient (Wildman–Crippen LogP) is 1.41. The lowest BCUT2D eigenvalue weighted by atomic mass is 9.98. The molecule has 1 heterocycles. The maximum Gasteiger partial charge on any atom is 0.246 e. The lowest BCUT2D eigenvalue weighted by molar-refractivity contribution is -0.125. The molecular formula is C12H22N2O. The molecule has 3 heteroatoms. The summed E-state index contributed by atoms with van der Waals surface area (Å²) >= 11 is 0. The zero-order valence-electron chi connectivity index (χ0n) is 10.0. The van der Waals surface area contributed by atoms with Crippen molar-refractivity contribution in [2.45, 2.75) is 26.7 Å². The van der Waals surface area contributed by atoms with Crippen LogP contribution in [0.1, 0.15) is 26.7 Å². The van der Waals surface area contributed by atoms with Crippen molar-refractivity contribution < 1.29 is 4.79 Å². The van der Waals surface area contributed by atoms with E-state index >= 15 is 0 Å². The Morgan fingerprint density at radius 1 is 1.40 bits per heavy atom. The molecular weight excluding hydrogens is 188 g/mol. The normalized spacial score (nSPS) is 17.3. The second kappa shape index (κ2) is 5.91. The topological polar surface area (TPSA) is 32.3 Å². The van der Waals surface area contributed by atoms with E-state index in [9.17, 15) is 4.79 Å². The number of carbonyl (C=O) groups is 1. The van der Waals surface area contributed by atoms with Gasteiger partial charge in [0.1, 0.15) is 0 Å². The summed E-state index contributed by atoms with van der Waals surface area (Å²) in [6.45, 7) is 6.99. The minimum atomic E-state index is 0.133. The van der Waals surface area contributed by atoms with Crippen LogP contribution >= 0.6 is 0 Å². The molecule has 0 aromatic heterocycles. The van der Waals surface area contributed by atoms with Crippen molar-refractivity contribution in [2.75, 3.05) is 26.7 Å². The van der Waals surface area contributed by atoms with E-state index in [0.717, 1.165) is 25.2 Å². The number of amides is 1. The molecule has 1 aliphatic rings. The predicted molar refractivity (Wildman–Crippen MR) is 62.7 cm³/mol. The molecule has 0 radical (unpaired) electrons. The summed E-state index contributed by atoms with van der Waals surface area (Å²) in [5.41, 5.74) is 1.07. The number of allylic oxidation sites excluding steroid dienone is 1. The summed E-state index contributed by atoms with van der Waals surface area (Å²) in [6.07, 6.45) is 4.08. The third-order valence-electron chi connectivity index (χ3n) is 2.78. The molecule has 0 aromatic rings. The molecule has 1 N–H and O–H groups in total. The van der Waals surface area contributed by atoms with Crippen LogP contribution in [0.25, 0.3) is 0 Å². The van der Waals surface area contributed by atoms with Crippen LogP contribution in [0, 0.1) is 5.92 Å². The quantitative estimate of drug-likeness (QED) is 0.714. The van der Waals surface area contributed by atoms with Gasteiger partial charge in [-0.05, 0) is 45.7 Å². The smallest absolute Gasteiger partial charge is 0.246 e. The first-order chi connectivity index (χ1) is 7.09. The highest BCUT2D eigenvalue weighted by Gasteiger charge is 2.16. The fraction of sp³-hybridized carbons (Fsp3) is 0.750. The van der Waals surface area contributed by atoms with Crippen LogP contribution < -0.4 is 5.32 Å². The largest absolute Gasteiger partial charge is 0.342 e. The van der Waals surface area contributed by atoms with Gasteiger partial charge in [-0.25, -0.2) is 0 Å². The van der Waals surface area contributed by atoms with Gasteiger partial charge in [0.2, 0.25) is 5.91 Å². The minimum Gasteiger partial charge on any atom is -0.342 e. The van der Waals surface area contributed by atoms with E-state index in [1.807, 2.05) is 25.8 Å². The lowest BCUT2D eigenvalue weighted by Gasteiger charge is -2.27. The van der Waals surface area contributed by atoms with E-state index in [0.29, 0.717) is 5.92 Å². The minimum absolute atomic E-state index is 0.133. The Morgan fingerprint density at radius 2 is 2.00 bits per heavy atom. The molecule has 1 aliphatic heterocycles. The van der Waals surface area contributed by atoms with Gasteiger partial charge in [-0.1, -0.05) is 5.57 Å². The Labute approximate surface area is 92.5 Å². The number of carbonyl (C=O) groups excluding carboxylic acids is 1. The van der Waals surface area contributed by atoms with E-state index in [4.69, 9.17) is 0 Å². The van der Waals surface area contributed by atoms with Crippen molar-refractivity contribution in [1.29, 1.82) is 0 Å². The van der Waals surface area contributed by atoms with Gasteiger partial charge in [-0.15, -0.1) is 0 Å². The van der Waals surface area contributed by atoms with E-state index < -0.39 is 0 Å². The number of hydrogen-bond acceptors (Lipinski definition) is 2. The summed E-state index contributed by atoms with van der Waals surface area (Å²) in [6, 6.07) is 0. The molecule has 86 valence electrons. The lowest BCUT2D eigenvalue weighted by Crippen LogP contribution is -2.36. The highest BCUT2D eigenvalue weighted by molar-refractivity contribution is 5.87. The van der Waals surface area contributed by atoms with Gasteiger partial charge < -0.3 is 10.2 Å². The molecule has 0 unspecified atom stereocenters. The van der Waals surface area contributed by atoms with Gasteiger partial charge in [0.05, 0.1) is 0 Å². The average Bonchev–Trinajstić information content (AvgIpc) is 2.18. The molecule has 1 fully saturated rings. The molecule has 1 amide bonds. The van der Waals surface area contributed by atoms with Crippen molar-refractivity contribution in [1.82, 2.24) is 10.2 Å². The first-order valence-electron chi connectivity index (χ1n) is 5.70. The Balaban J connectivity index is 2.36. The van der Waals surface area contributed by atoms with Crippen molar-refractivity contribution in [3.05, 3.63) is 11.6 Å². The Bertz CT molecular complexity index is 238. The van der Waals surface area contributed by atoms with Crippen LogP contribution in [0.3, 0.4) is 0 Å². The maximum absolute atomic E-state index is 11.7. The number of rotatable bonds is 3. The molecule has 0 bridgehead atoms. The number of nitrogens with one attached hydrogen (secondary N) is 1. The van der Waals surface area contributed by atoms with Crippen LogP contribution in [0.2, 0.25) is 0 Å².